The maximum atomic E-state index is 10.8. The zero-order valence-electron chi connectivity index (χ0n) is 9.40. The molecule has 0 aromatic heterocycles. The summed E-state index contributed by atoms with van der Waals surface area (Å²) in [6, 6.07) is 7.10. The first kappa shape index (κ1) is 12.5. The molecule has 2 N–H and O–H groups in total. The Morgan fingerprint density at radius 1 is 1.50 bits per heavy atom. The van der Waals surface area contributed by atoms with Crippen LogP contribution >= 0.6 is 0 Å². The van der Waals surface area contributed by atoms with Crippen LogP contribution in [0.1, 0.15) is 18.4 Å². The molecule has 4 heteroatoms. The van der Waals surface area contributed by atoms with Crippen LogP contribution < -0.4 is 5.32 Å². The molecule has 0 saturated carbocycles. The molecule has 0 heterocycles. The maximum absolute atomic E-state index is 10.8. The molecule has 16 heavy (non-hydrogen) atoms. The van der Waals surface area contributed by atoms with Crippen molar-refractivity contribution in [2.45, 2.75) is 19.4 Å². The number of carbonyl (C=O) groups excluding carboxylic acids is 1. The lowest BCUT2D eigenvalue weighted by atomic mass is 10.2. The molecule has 0 amide bonds. The van der Waals surface area contributed by atoms with Crippen LogP contribution in [0, 0.1) is 0 Å². The monoisotopic (exact) mass is 223 g/mol. The topological polar surface area (TPSA) is 58.6 Å². The number of benzene rings is 1. The van der Waals surface area contributed by atoms with E-state index in [1.54, 1.807) is 18.2 Å². The Labute approximate surface area is 95.2 Å². The molecule has 0 spiro atoms. The first-order chi connectivity index (χ1) is 7.72. The number of aromatic hydroxyl groups is 1. The molecule has 0 aliphatic carbocycles. The van der Waals surface area contributed by atoms with Crippen LogP contribution in [0.25, 0.3) is 0 Å². The molecule has 0 radical (unpaired) electrons. The van der Waals surface area contributed by atoms with E-state index in [0.717, 1.165) is 18.5 Å². The van der Waals surface area contributed by atoms with E-state index in [1.807, 2.05) is 6.07 Å². The zero-order chi connectivity index (χ0) is 11.8. The predicted octanol–water partition coefficient (Wildman–Crippen LogP) is 1.43. The van der Waals surface area contributed by atoms with Crippen molar-refractivity contribution in [1.29, 1.82) is 0 Å². The van der Waals surface area contributed by atoms with Crippen LogP contribution in [0.15, 0.2) is 24.3 Å². The van der Waals surface area contributed by atoms with Crippen molar-refractivity contribution in [3.05, 3.63) is 29.8 Å². The van der Waals surface area contributed by atoms with Gasteiger partial charge >= 0.3 is 5.97 Å². The zero-order valence-corrected chi connectivity index (χ0v) is 9.40. The summed E-state index contributed by atoms with van der Waals surface area (Å²) in [5, 5.41) is 12.4. The Morgan fingerprint density at radius 3 is 3.00 bits per heavy atom. The van der Waals surface area contributed by atoms with Gasteiger partial charge in [0, 0.05) is 13.0 Å². The van der Waals surface area contributed by atoms with Gasteiger partial charge in [-0.3, -0.25) is 4.79 Å². The number of carbonyl (C=O) groups is 1. The smallest absolute Gasteiger partial charge is 0.305 e. The summed E-state index contributed by atoms with van der Waals surface area (Å²) in [6.45, 7) is 1.44. The molecule has 0 aliphatic rings. The standard InChI is InChI=1S/C12H17NO3/c1-16-12(15)6-3-7-13-9-10-4-2-5-11(14)8-10/h2,4-5,8,13-14H,3,6-7,9H2,1H3. The van der Waals surface area contributed by atoms with Gasteiger partial charge in [0.15, 0.2) is 0 Å². The second kappa shape index (κ2) is 6.85. The summed E-state index contributed by atoms with van der Waals surface area (Å²) in [5.74, 6) is 0.0908. The third kappa shape index (κ3) is 4.79. The number of ether oxygens (including phenoxy) is 1. The number of esters is 1. The van der Waals surface area contributed by atoms with Gasteiger partial charge in [-0.2, -0.15) is 0 Å². The highest BCUT2D eigenvalue weighted by molar-refractivity contribution is 5.69. The fourth-order valence-corrected chi connectivity index (χ4v) is 1.36. The van der Waals surface area contributed by atoms with Crippen LogP contribution in [0.5, 0.6) is 5.75 Å². The third-order valence-corrected chi connectivity index (χ3v) is 2.20. The highest BCUT2D eigenvalue weighted by Gasteiger charge is 1.99. The number of phenols is 1. The second-order valence-corrected chi connectivity index (χ2v) is 3.53. The van der Waals surface area contributed by atoms with Gasteiger partial charge in [0.25, 0.3) is 0 Å². The minimum absolute atomic E-state index is 0.181. The molecular formula is C12H17NO3. The van der Waals surface area contributed by atoms with Crippen molar-refractivity contribution < 1.29 is 14.6 Å². The van der Waals surface area contributed by atoms with Gasteiger partial charge in [0.2, 0.25) is 0 Å². The average molecular weight is 223 g/mol. The van der Waals surface area contributed by atoms with E-state index >= 15 is 0 Å². The second-order valence-electron chi connectivity index (χ2n) is 3.53. The summed E-state index contributed by atoms with van der Waals surface area (Å²) in [6.07, 6.45) is 1.19. The fraction of sp³-hybridized carbons (Fsp3) is 0.417. The molecule has 0 saturated heterocycles. The van der Waals surface area contributed by atoms with E-state index in [-0.39, 0.29) is 11.7 Å². The number of hydrogen-bond acceptors (Lipinski definition) is 4. The first-order valence-electron chi connectivity index (χ1n) is 5.28. The van der Waals surface area contributed by atoms with Crippen molar-refractivity contribution in [3.8, 4) is 5.75 Å². The first-order valence-corrected chi connectivity index (χ1v) is 5.28. The number of rotatable bonds is 6. The summed E-state index contributed by atoms with van der Waals surface area (Å²) in [7, 11) is 1.39. The van der Waals surface area contributed by atoms with Gasteiger partial charge in [-0.1, -0.05) is 12.1 Å². The number of phenolic OH excluding ortho intramolecular Hbond substituents is 1. The van der Waals surface area contributed by atoms with Crippen LogP contribution in [-0.2, 0) is 16.1 Å². The Hall–Kier alpha value is -1.55. The van der Waals surface area contributed by atoms with E-state index < -0.39 is 0 Å². The molecular weight excluding hydrogens is 206 g/mol. The van der Waals surface area contributed by atoms with Gasteiger partial charge in [-0.15, -0.1) is 0 Å². The molecule has 0 atom stereocenters. The lowest BCUT2D eigenvalue weighted by Gasteiger charge is -2.04. The number of nitrogens with one attached hydrogen (secondary N) is 1. The predicted molar refractivity (Wildman–Crippen MR) is 61.1 cm³/mol. The fourth-order valence-electron chi connectivity index (χ4n) is 1.36. The molecule has 4 nitrogen and oxygen atoms in total. The SMILES string of the molecule is COC(=O)CCCNCc1cccc(O)c1. The van der Waals surface area contributed by atoms with E-state index in [4.69, 9.17) is 0 Å². The lowest BCUT2D eigenvalue weighted by molar-refractivity contribution is -0.140. The summed E-state index contributed by atoms with van der Waals surface area (Å²) < 4.78 is 4.53. The number of hydrogen-bond donors (Lipinski definition) is 2. The molecule has 0 aliphatic heterocycles. The van der Waals surface area contributed by atoms with Crippen LogP contribution in [0.3, 0.4) is 0 Å². The van der Waals surface area contributed by atoms with Crippen LogP contribution in [0.4, 0.5) is 0 Å². The van der Waals surface area contributed by atoms with Crippen molar-refractivity contribution in [3.63, 3.8) is 0 Å². The Morgan fingerprint density at radius 2 is 2.31 bits per heavy atom. The highest BCUT2D eigenvalue weighted by atomic mass is 16.5. The molecule has 1 rings (SSSR count). The van der Waals surface area contributed by atoms with Gasteiger partial charge in [0.05, 0.1) is 7.11 Å². The average Bonchev–Trinajstić information content (AvgIpc) is 2.28. The highest BCUT2D eigenvalue weighted by Crippen LogP contribution is 2.10. The van der Waals surface area contributed by atoms with E-state index in [0.29, 0.717) is 13.0 Å². The van der Waals surface area contributed by atoms with Gasteiger partial charge in [-0.05, 0) is 30.7 Å². The van der Waals surface area contributed by atoms with E-state index in [2.05, 4.69) is 10.1 Å². The van der Waals surface area contributed by atoms with Crippen molar-refractivity contribution in [1.82, 2.24) is 5.32 Å². The molecule has 0 bridgehead atoms. The maximum Gasteiger partial charge on any atom is 0.305 e. The largest absolute Gasteiger partial charge is 0.508 e. The molecule has 0 fully saturated rings. The number of methoxy groups -OCH3 is 1. The van der Waals surface area contributed by atoms with Crippen molar-refractivity contribution >= 4 is 5.97 Å². The van der Waals surface area contributed by atoms with Crippen molar-refractivity contribution in [2.75, 3.05) is 13.7 Å². The minimum atomic E-state index is -0.181. The van der Waals surface area contributed by atoms with E-state index in [9.17, 15) is 9.90 Å². The normalized spacial score (nSPS) is 10.1. The Kier molecular flexibility index (Phi) is 5.36. The summed E-state index contributed by atoms with van der Waals surface area (Å²) >= 11 is 0. The molecule has 1 aromatic carbocycles. The van der Waals surface area contributed by atoms with Gasteiger partial charge < -0.3 is 15.2 Å². The third-order valence-electron chi connectivity index (χ3n) is 2.20. The summed E-state index contributed by atoms with van der Waals surface area (Å²) in [5.41, 5.74) is 1.03. The quantitative estimate of drug-likeness (QED) is 0.566. The molecule has 0 unspecified atom stereocenters. The minimum Gasteiger partial charge on any atom is -0.508 e. The van der Waals surface area contributed by atoms with Crippen molar-refractivity contribution in [2.24, 2.45) is 0 Å². The Bertz CT molecular complexity index is 339. The van der Waals surface area contributed by atoms with Crippen LogP contribution in [-0.4, -0.2) is 24.7 Å². The molecule has 1 aromatic rings. The van der Waals surface area contributed by atoms with Gasteiger partial charge in [-0.25, -0.2) is 0 Å². The lowest BCUT2D eigenvalue weighted by Crippen LogP contribution is -2.16. The van der Waals surface area contributed by atoms with Crippen LogP contribution in [0.2, 0.25) is 0 Å². The van der Waals surface area contributed by atoms with E-state index in [1.165, 1.54) is 7.11 Å². The van der Waals surface area contributed by atoms with Gasteiger partial charge in [0.1, 0.15) is 5.75 Å². The summed E-state index contributed by atoms with van der Waals surface area (Å²) in [4.78, 5) is 10.8. The Balaban J connectivity index is 2.14. The molecule has 88 valence electrons.